The second kappa shape index (κ2) is 9.11. The minimum Gasteiger partial charge on any atom is -0.478 e. The van der Waals surface area contributed by atoms with Gasteiger partial charge in [-0.15, -0.1) is 11.3 Å². The molecule has 1 aliphatic rings. The number of allylic oxidation sites excluding steroid dienone is 2. The van der Waals surface area contributed by atoms with Gasteiger partial charge in [-0.05, 0) is 55.1 Å². The molecule has 0 radical (unpaired) electrons. The lowest BCUT2D eigenvalue weighted by Gasteiger charge is -2.29. The molecular formula is C22H20ClNO4S. The van der Waals surface area contributed by atoms with Crippen molar-refractivity contribution in [3.8, 4) is 0 Å². The Morgan fingerprint density at radius 2 is 1.97 bits per heavy atom. The third kappa shape index (κ3) is 4.78. The fourth-order valence-corrected chi connectivity index (χ4v) is 4.16. The maximum absolute atomic E-state index is 12.9. The van der Waals surface area contributed by atoms with Crippen molar-refractivity contribution < 1.29 is 19.4 Å². The van der Waals surface area contributed by atoms with Crippen LogP contribution in [0.4, 0.5) is 0 Å². The molecule has 150 valence electrons. The summed E-state index contributed by atoms with van der Waals surface area (Å²) in [7, 11) is 0. The van der Waals surface area contributed by atoms with Gasteiger partial charge in [-0.1, -0.05) is 29.8 Å². The van der Waals surface area contributed by atoms with Crippen LogP contribution in [0.2, 0.25) is 5.02 Å². The molecule has 0 saturated carbocycles. The number of dihydropyridines is 1. The van der Waals surface area contributed by atoms with E-state index in [0.29, 0.717) is 22.0 Å². The van der Waals surface area contributed by atoms with E-state index < -0.39 is 17.9 Å². The second-order valence-corrected chi connectivity index (χ2v) is 7.93. The van der Waals surface area contributed by atoms with Crippen molar-refractivity contribution >= 4 is 41.0 Å². The Balaban J connectivity index is 1.90. The lowest BCUT2D eigenvalue weighted by atomic mass is 9.80. The Kier molecular flexibility index (Phi) is 6.56. The van der Waals surface area contributed by atoms with Gasteiger partial charge in [0.25, 0.3) is 0 Å². The molecule has 1 aliphatic heterocycles. The molecule has 0 amide bonds. The van der Waals surface area contributed by atoms with E-state index >= 15 is 0 Å². The van der Waals surface area contributed by atoms with Gasteiger partial charge in [-0.2, -0.15) is 0 Å². The number of benzene rings is 1. The zero-order valence-electron chi connectivity index (χ0n) is 15.9. The van der Waals surface area contributed by atoms with Crippen LogP contribution >= 0.6 is 22.9 Å². The molecule has 7 heteroatoms. The summed E-state index contributed by atoms with van der Waals surface area (Å²) in [5, 5.41) is 15.2. The van der Waals surface area contributed by atoms with Crippen molar-refractivity contribution in [1.29, 1.82) is 0 Å². The second-order valence-electron chi connectivity index (χ2n) is 6.51. The van der Waals surface area contributed by atoms with Crippen LogP contribution in [0.1, 0.15) is 30.2 Å². The number of nitrogens with one attached hydrogen (secondary N) is 1. The van der Waals surface area contributed by atoms with E-state index in [2.05, 4.69) is 5.32 Å². The molecular weight excluding hydrogens is 410 g/mol. The first-order valence-corrected chi connectivity index (χ1v) is 10.2. The molecule has 1 unspecified atom stereocenters. The van der Waals surface area contributed by atoms with Gasteiger partial charge in [-0.25, -0.2) is 9.59 Å². The number of hydrogen-bond donors (Lipinski definition) is 2. The normalized spacial score (nSPS) is 16.9. The summed E-state index contributed by atoms with van der Waals surface area (Å²) in [6, 6.07) is 10.8. The SMILES string of the molecule is CC1=C(C(=O)O)C(c2cccc(Cl)c2)C(C(=O)OCC=Cc2cccs2)=C(C)N1. The van der Waals surface area contributed by atoms with Crippen LogP contribution in [-0.4, -0.2) is 23.7 Å². The lowest BCUT2D eigenvalue weighted by molar-refractivity contribution is -0.138. The summed E-state index contributed by atoms with van der Waals surface area (Å²) < 4.78 is 5.43. The van der Waals surface area contributed by atoms with Crippen molar-refractivity contribution in [3.63, 3.8) is 0 Å². The average molecular weight is 430 g/mol. The first kappa shape index (κ1) is 20.9. The molecule has 29 heavy (non-hydrogen) atoms. The molecule has 2 heterocycles. The summed E-state index contributed by atoms with van der Waals surface area (Å²) in [6.07, 6.45) is 3.63. The maximum Gasteiger partial charge on any atom is 0.337 e. The number of carboxylic acid groups (broad SMARTS) is 1. The molecule has 0 bridgehead atoms. The molecule has 2 aromatic rings. The highest BCUT2D eigenvalue weighted by Crippen LogP contribution is 2.39. The number of carbonyl (C=O) groups excluding carboxylic acids is 1. The van der Waals surface area contributed by atoms with Gasteiger partial charge in [0.05, 0.1) is 17.1 Å². The van der Waals surface area contributed by atoms with Crippen molar-refractivity contribution in [2.75, 3.05) is 6.61 Å². The zero-order chi connectivity index (χ0) is 21.0. The minimum atomic E-state index is -1.10. The van der Waals surface area contributed by atoms with Gasteiger partial charge < -0.3 is 15.2 Å². The summed E-state index contributed by atoms with van der Waals surface area (Å²) in [5.74, 6) is -2.45. The molecule has 0 spiro atoms. The van der Waals surface area contributed by atoms with E-state index in [-0.39, 0.29) is 17.8 Å². The van der Waals surface area contributed by atoms with E-state index in [9.17, 15) is 14.7 Å². The third-order valence-corrected chi connectivity index (χ3v) is 5.60. The highest BCUT2D eigenvalue weighted by Gasteiger charge is 2.37. The highest BCUT2D eigenvalue weighted by molar-refractivity contribution is 7.10. The van der Waals surface area contributed by atoms with Crippen molar-refractivity contribution in [3.05, 3.63) is 85.9 Å². The number of halogens is 1. The smallest absolute Gasteiger partial charge is 0.337 e. The summed E-state index contributed by atoms with van der Waals surface area (Å²) in [4.78, 5) is 26.0. The monoisotopic (exact) mass is 429 g/mol. The first-order chi connectivity index (χ1) is 13.9. The number of ether oxygens (including phenoxy) is 1. The van der Waals surface area contributed by atoms with Crippen LogP contribution in [0.5, 0.6) is 0 Å². The van der Waals surface area contributed by atoms with Crippen LogP contribution < -0.4 is 5.32 Å². The van der Waals surface area contributed by atoms with Crippen LogP contribution in [0.15, 0.2) is 70.4 Å². The molecule has 1 aromatic heterocycles. The predicted molar refractivity (Wildman–Crippen MR) is 115 cm³/mol. The molecule has 2 N–H and O–H groups in total. The summed E-state index contributed by atoms with van der Waals surface area (Å²) in [6.45, 7) is 3.50. The van der Waals surface area contributed by atoms with Gasteiger partial charge in [-0.3, -0.25) is 0 Å². The number of carbonyl (C=O) groups is 2. The molecule has 0 fully saturated rings. The first-order valence-electron chi connectivity index (χ1n) is 8.93. The van der Waals surface area contributed by atoms with Gasteiger partial charge in [0.1, 0.15) is 6.61 Å². The van der Waals surface area contributed by atoms with E-state index in [4.69, 9.17) is 16.3 Å². The number of thiophene rings is 1. The molecule has 1 aromatic carbocycles. The Bertz CT molecular complexity index is 1020. The molecule has 0 saturated heterocycles. The number of esters is 1. The molecule has 0 aliphatic carbocycles. The summed E-state index contributed by atoms with van der Waals surface area (Å²) >= 11 is 7.71. The summed E-state index contributed by atoms with van der Waals surface area (Å²) in [5.41, 5.74) is 2.02. The lowest BCUT2D eigenvalue weighted by Crippen LogP contribution is -2.31. The van der Waals surface area contributed by atoms with Crippen LogP contribution in [0, 0.1) is 0 Å². The van der Waals surface area contributed by atoms with Crippen LogP contribution in [0.25, 0.3) is 6.08 Å². The van der Waals surface area contributed by atoms with E-state index in [0.717, 1.165) is 4.88 Å². The Hall–Kier alpha value is -2.83. The average Bonchev–Trinajstić information content (AvgIpc) is 3.17. The number of carboxylic acids is 1. The van der Waals surface area contributed by atoms with Gasteiger partial charge in [0.15, 0.2) is 0 Å². The van der Waals surface area contributed by atoms with Crippen LogP contribution in [-0.2, 0) is 14.3 Å². The zero-order valence-corrected chi connectivity index (χ0v) is 17.5. The Morgan fingerprint density at radius 1 is 1.21 bits per heavy atom. The fourth-order valence-electron chi connectivity index (χ4n) is 3.32. The standard InChI is InChI=1S/C22H20ClNO4S/c1-13-18(21(25)26)20(15-6-3-7-16(23)12-15)19(14(2)24-13)22(27)28-10-4-8-17-9-5-11-29-17/h3-9,11-12,20,24H,10H2,1-2H3,(H,25,26). The third-order valence-electron chi connectivity index (χ3n) is 4.53. The number of rotatable bonds is 6. The van der Waals surface area contributed by atoms with E-state index in [1.54, 1.807) is 55.5 Å². The Labute approximate surface area is 178 Å². The predicted octanol–water partition coefficient (Wildman–Crippen LogP) is 4.98. The van der Waals surface area contributed by atoms with Crippen molar-refractivity contribution in [2.24, 2.45) is 0 Å². The van der Waals surface area contributed by atoms with E-state index in [1.165, 1.54) is 0 Å². The number of hydrogen-bond acceptors (Lipinski definition) is 5. The largest absolute Gasteiger partial charge is 0.478 e. The van der Waals surface area contributed by atoms with Gasteiger partial charge >= 0.3 is 11.9 Å². The maximum atomic E-state index is 12.9. The van der Waals surface area contributed by atoms with Gasteiger partial charge in [0, 0.05) is 21.3 Å². The topological polar surface area (TPSA) is 75.6 Å². The number of aliphatic carboxylic acids is 1. The van der Waals surface area contributed by atoms with E-state index in [1.807, 2.05) is 23.6 Å². The Morgan fingerprint density at radius 3 is 2.62 bits per heavy atom. The van der Waals surface area contributed by atoms with Crippen molar-refractivity contribution in [2.45, 2.75) is 19.8 Å². The van der Waals surface area contributed by atoms with Gasteiger partial charge in [0.2, 0.25) is 0 Å². The quantitative estimate of drug-likeness (QED) is 0.633. The van der Waals surface area contributed by atoms with Crippen LogP contribution in [0.3, 0.4) is 0 Å². The molecule has 3 rings (SSSR count). The molecule has 5 nitrogen and oxygen atoms in total. The minimum absolute atomic E-state index is 0.0842. The molecule has 1 atom stereocenters. The van der Waals surface area contributed by atoms with Crippen molar-refractivity contribution in [1.82, 2.24) is 5.32 Å². The fraction of sp³-hybridized carbons (Fsp3) is 0.182. The highest BCUT2D eigenvalue weighted by atomic mass is 35.5.